The number of hydrogen-bond acceptors (Lipinski definition) is 3. The Morgan fingerprint density at radius 3 is 2.03 bits per heavy atom. The first kappa shape index (κ1) is 23.0. The van der Waals surface area contributed by atoms with E-state index in [-0.39, 0.29) is 11.7 Å². The minimum Gasteiger partial charge on any atom is -0.497 e. The molecule has 5 heteroatoms. The number of benzene rings is 4. The van der Waals surface area contributed by atoms with Crippen LogP contribution < -0.4 is 10.1 Å². The summed E-state index contributed by atoms with van der Waals surface area (Å²) in [5, 5.41) is 3.33. The summed E-state index contributed by atoms with van der Waals surface area (Å²) < 4.78 is 5.22. The molecule has 0 saturated heterocycles. The number of methoxy groups -OCH3 is 1. The summed E-state index contributed by atoms with van der Waals surface area (Å²) in [4.78, 5) is 26.6. The fraction of sp³-hybridized carbons (Fsp3) is 0.0345. The third kappa shape index (κ3) is 5.42. The highest BCUT2D eigenvalue weighted by Crippen LogP contribution is 2.27. The van der Waals surface area contributed by atoms with E-state index in [0.29, 0.717) is 27.4 Å². The van der Waals surface area contributed by atoms with Crippen molar-refractivity contribution in [2.24, 2.45) is 0 Å². The molecule has 168 valence electrons. The standard InChI is InChI=1S/C29H22ClNO3/c1-34-24-15-12-20(13-16-24)18-25(21-8-4-2-5-9-21)29(33)31-27-17-14-23(30)19-26(27)28(32)22-10-6-3-7-11-22/h2-19H,1H3,(H,31,33)/b25-18+. The van der Waals surface area contributed by atoms with Crippen molar-refractivity contribution < 1.29 is 14.3 Å². The topological polar surface area (TPSA) is 55.4 Å². The van der Waals surface area contributed by atoms with Crippen molar-refractivity contribution in [3.63, 3.8) is 0 Å². The Labute approximate surface area is 203 Å². The van der Waals surface area contributed by atoms with Gasteiger partial charge in [0.25, 0.3) is 5.91 Å². The number of anilines is 1. The number of carbonyl (C=O) groups is 2. The maximum Gasteiger partial charge on any atom is 0.256 e. The number of ketones is 1. The Kier molecular flexibility index (Phi) is 7.21. The van der Waals surface area contributed by atoms with Gasteiger partial charge in [0.15, 0.2) is 5.78 Å². The fourth-order valence-corrected chi connectivity index (χ4v) is 3.68. The average molecular weight is 468 g/mol. The Balaban J connectivity index is 1.71. The van der Waals surface area contributed by atoms with Crippen molar-refractivity contribution in [1.82, 2.24) is 0 Å². The molecule has 0 heterocycles. The maximum absolute atomic E-state index is 13.5. The lowest BCUT2D eigenvalue weighted by molar-refractivity contribution is -0.111. The number of amides is 1. The van der Waals surface area contributed by atoms with Crippen LogP contribution in [0.15, 0.2) is 103 Å². The molecule has 0 aromatic heterocycles. The van der Waals surface area contributed by atoms with Gasteiger partial charge >= 0.3 is 0 Å². The maximum atomic E-state index is 13.5. The van der Waals surface area contributed by atoms with Crippen LogP contribution >= 0.6 is 11.6 Å². The molecule has 0 radical (unpaired) electrons. The van der Waals surface area contributed by atoms with Gasteiger partial charge in [0.2, 0.25) is 0 Å². The highest BCUT2D eigenvalue weighted by molar-refractivity contribution is 6.32. The molecular weight excluding hydrogens is 446 g/mol. The molecule has 0 fully saturated rings. The number of nitrogens with one attached hydrogen (secondary N) is 1. The van der Waals surface area contributed by atoms with Crippen LogP contribution in [0.3, 0.4) is 0 Å². The number of halogens is 1. The summed E-state index contributed by atoms with van der Waals surface area (Å²) in [5.74, 6) is 0.165. The van der Waals surface area contributed by atoms with Gasteiger partial charge in [-0.2, -0.15) is 0 Å². The zero-order chi connectivity index (χ0) is 23.9. The van der Waals surface area contributed by atoms with E-state index in [1.54, 1.807) is 55.7 Å². The molecule has 4 rings (SSSR count). The van der Waals surface area contributed by atoms with E-state index in [0.717, 1.165) is 16.9 Å². The van der Waals surface area contributed by atoms with Crippen LogP contribution in [0.25, 0.3) is 11.6 Å². The van der Waals surface area contributed by atoms with Crippen molar-refractivity contribution in [3.8, 4) is 5.75 Å². The zero-order valence-corrected chi connectivity index (χ0v) is 19.3. The van der Waals surface area contributed by atoms with Crippen molar-refractivity contribution >= 4 is 40.6 Å². The number of ether oxygens (including phenoxy) is 1. The molecular formula is C29H22ClNO3. The van der Waals surface area contributed by atoms with Crippen molar-refractivity contribution in [2.45, 2.75) is 0 Å². The lowest BCUT2D eigenvalue weighted by Crippen LogP contribution is -2.16. The van der Waals surface area contributed by atoms with Gasteiger partial charge in [-0.15, -0.1) is 0 Å². The molecule has 1 amide bonds. The summed E-state index contributed by atoms with van der Waals surface area (Å²) in [7, 11) is 1.61. The Hall–Kier alpha value is -4.15. The Morgan fingerprint density at radius 2 is 1.41 bits per heavy atom. The van der Waals surface area contributed by atoms with E-state index in [9.17, 15) is 9.59 Å². The highest BCUT2D eigenvalue weighted by Gasteiger charge is 2.18. The first-order chi connectivity index (χ1) is 16.5. The smallest absolute Gasteiger partial charge is 0.256 e. The van der Waals surface area contributed by atoms with Gasteiger partial charge in [-0.3, -0.25) is 9.59 Å². The summed E-state index contributed by atoms with van der Waals surface area (Å²) in [5.41, 5.74) is 3.27. The predicted octanol–water partition coefficient (Wildman–Crippen LogP) is 6.76. The molecule has 34 heavy (non-hydrogen) atoms. The summed E-state index contributed by atoms with van der Waals surface area (Å²) in [6.07, 6.45) is 1.80. The second-order valence-electron chi connectivity index (χ2n) is 7.54. The van der Waals surface area contributed by atoms with Gasteiger partial charge in [-0.1, -0.05) is 84.4 Å². The summed E-state index contributed by atoms with van der Waals surface area (Å²) in [6.45, 7) is 0. The summed E-state index contributed by atoms with van der Waals surface area (Å²) in [6, 6.07) is 30.5. The number of rotatable bonds is 7. The Morgan fingerprint density at radius 1 is 0.794 bits per heavy atom. The molecule has 0 spiro atoms. The molecule has 0 aliphatic heterocycles. The molecule has 0 aliphatic rings. The Bertz CT molecular complexity index is 1330. The van der Waals surface area contributed by atoms with Crippen LogP contribution in [0.2, 0.25) is 5.02 Å². The molecule has 1 N–H and O–H groups in total. The zero-order valence-electron chi connectivity index (χ0n) is 18.5. The lowest BCUT2D eigenvalue weighted by Gasteiger charge is -2.14. The molecule has 0 aliphatic carbocycles. The lowest BCUT2D eigenvalue weighted by atomic mass is 9.99. The first-order valence-corrected chi connectivity index (χ1v) is 11.0. The fourth-order valence-electron chi connectivity index (χ4n) is 3.51. The normalized spacial score (nSPS) is 11.1. The molecule has 4 nitrogen and oxygen atoms in total. The third-order valence-electron chi connectivity index (χ3n) is 5.27. The van der Waals surface area contributed by atoms with Gasteiger partial charge in [0, 0.05) is 21.7 Å². The van der Waals surface area contributed by atoms with Crippen LogP contribution in [-0.2, 0) is 4.79 Å². The van der Waals surface area contributed by atoms with E-state index in [1.807, 2.05) is 60.7 Å². The van der Waals surface area contributed by atoms with Crippen molar-refractivity contribution in [3.05, 3.63) is 130 Å². The molecule has 0 unspecified atom stereocenters. The number of hydrogen-bond donors (Lipinski definition) is 1. The first-order valence-electron chi connectivity index (χ1n) is 10.7. The van der Waals surface area contributed by atoms with E-state index in [2.05, 4.69) is 5.32 Å². The third-order valence-corrected chi connectivity index (χ3v) is 5.50. The minimum absolute atomic E-state index is 0.223. The second kappa shape index (κ2) is 10.6. The largest absolute Gasteiger partial charge is 0.497 e. The van der Waals surface area contributed by atoms with Crippen LogP contribution in [-0.4, -0.2) is 18.8 Å². The minimum atomic E-state index is -0.341. The van der Waals surface area contributed by atoms with Crippen LogP contribution in [0, 0.1) is 0 Å². The second-order valence-corrected chi connectivity index (χ2v) is 7.97. The molecule has 0 atom stereocenters. The monoisotopic (exact) mass is 467 g/mol. The quantitative estimate of drug-likeness (QED) is 0.185. The van der Waals surface area contributed by atoms with E-state index >= 15 is 0 Å². The van der Waals surface area contributed by atoms with E-state index in [1.165, 1.54) is 0 Å². The number of carbonyl (C=O) groups excluding carboxylic acids is 2. The van der Waals surface area contributed by atoms with Gasteiger partial charge in [-0.25, -0.2) is 0 Å². The van der Waals surface area contributed by atoms with Gasteiger partial charge in [-0.05, 0) is 47.5 Å². The van der Waals surface area contributed by atoms with Crippen LogP contribution in [0.1, 0.15) is 27.0 Å². The van der Waals surface area contributed by atoms with Crippen LogP contribution in [0.5, 0.6) is 5.75 Å². The molecule has 0 saturated carbocycles. The highest BCUT2D eigenvalue weighted by atomic mass is 35.5. The predicted molar refractivity (Wildman–Crippen MR) is 137 cm³/mol. The van der Waals surface area contributed by atoms with Gasteiger partial charge < -0.3 is 10.1 Å². The summed E-state index contributed by atoms with van der Waals surface area (Å²) >= 11 is 6.19. The molecule has 4 aromatic rings. The average Bonchev–Trinajstić information content (AvgIpc) is 2.89. The molecule has 4 aromatic carbocycles. The van der Waals surface area contributed by atoms with Gasteiger partial charge in [0.05, 0.1) is 12.8 Å². The van der Waals surface area contributed by atoms with E-state index < -0.39 is 0 Å². The van der Waals surface area contributed by atoms with Crippen LogP contribution in [0.4, 0.5) is 5.69 Å². The SMILES string of the molecule is COc1ccc(/C=C(/C(=O)Nc2ccc(Cl)cc2C(=O)c2ccccc2)c2ccccc2)cc1. The van der Waals surface area contributed by atoms with E-state index in [4.69, 9.17) is 16.3 Å². The van der Waals surface area contributed by atoms with Crippen molar-refractivity contribution in [2.75, 3.05) is 12.4 Å². The molecule has 0 bridgehead atoms. The van der Waals surface area contributed by atoms with Gasteiger partial charge in [0.1, 0.15) is 5.75 Å². The van der Waals surface area contributed by atoms with Crippen molar-refractivity contribution in [1.29, 1.82) is 0 Å².